The van der Waals surface area contributed by atoms with Gasteiger partial charge in [0, 0.05) is 19.3 Å². The third kappa shape index (κ3) is 3.83. The van der Waals surface area contributed by atoms with Gasteiger partial charge in [-0.05, 0) is 36.9 Å². The minimum absolute atomic E-state index is 0.430. The number of pyridine rings is 1. The van der Waals surface area contributed by atoms with E-state index in [-0.39, 0.29) is 0 Å². The monoisotopic (exact) mass is 295 g/mol. The summed E-state index contributed by atoms with van der Waals surface area (Å²) in [5, 5.41) is 0.988. The van der Waals surface area contributed by atoms with Crippen molar-refractivity contribution in [3.8, 4) is 0 Å². The number of nitrogens with zero attached hydrogens (tertiary/aromatic N) is 2. The van der Waals surface area contributed by atoms with Crippen molar-refractivity contribution in [1.29, 1.82) is 0 Å². The van der Waals surface area contributed by atoms with Crippen molar-refractivity contribution in [3.63, 3.8) is 0 Å². The second kappa shape index (κ2) is 6.24. The van der Waals surface area contributed by atoms with Crippen LogP contribution in [0.4, 0.5) is 5.69 Å². The molecule has 100 valence electrons. The fraction of sp³-hybridized carbons (Fsp3) is 0.214. The van der Waals surface area contributed by atoms with E-state index < -0.39 is 0 Å². The molecule has 0 saturated heterocycles. The highest BCUT2D eigenvalue weighted by Crippen LogP contribution is 2.29. The van der Waals surface area contributed by atoms with E-state index in [1.165, 1.54) is 0 Å². The molecule has 2 rings (SSSR count). The fourth-order valence-corrected chi connectivity index (χ4v) is 2.40. The summed E-state index contributed by atoms with van der Waals surface area (Å²) in [6.07, 6.45) is 1.79. The largest absolute Gasteiger partial charge is 0.396 e. The van der Waals surface area contributed by atoms with Gasteiger partial charge in [-0.2, -0.15) is 0 Å². The van der Waals surface area contributed by atoms with Crippen molar-refractivity contribution in [2.24, 2.45) is 0 Å². The number of hydrogen-bond acceptors (Lipinski definition) is 3. The molecule has 3 nitrogen and oxygen atoms in total. The summed E-state index contributed by atoms with van der Waals surface area (Å²) in [5.41, 5.74) is 8.20. The molecule has 5 heteroatoms. The van der Waals surface area contributed by atoms with Gasteiger partial charge < -0.3 is 5.73 Å². The normalized spacial score (nSPS) is 10.9. The Bertz CT molecular complexity index is 535. The number of rotatable bonds is 4. The average molecular weight is 296 g/mol. The van der Waals surface area contributed by atoms with E-state index in [2.05, 4.69) is 9.88 Å². The lowest BCUT2D eigenvalue weighted by Gasteiger charge is -2.17. The van der Waals surface area contributed by atoms with Gasteiger partial charge in [0.15, 0.2) is 0 Å². The zero-order valence-corrected chi connectivity index (χ0v) is 12.1. The highest BCUT2D eigenvalue weighted by molar-refractivity contribution is 6.38. The van der Waals surface area contributed by atoms with Crippen molar-refractivity contribution < 1.29 is 0 Å². The van der Waals surface area contributed by atoms with Crippen LogP contribution in [0.3, 0.4) is 0 Å². The lowest BCUT2D eigenvalue weighted by atomic mass is 10.2. The van der Waals surface area contributed by atoms with Crippen LogP contribution >= 0.6 is 23.2 Å². The first-order valence-electron chi connectivity index (χ1n) is 5.88. The quantitative estimate of drug-likeness (QED) is 0.876. The molecule has 0 aliphatic carbocycles. The van der Waals surface area contributed by atoms with Gasteiger partial charge in [0.25, 0.3) is 0 Å². The van der Waals surface area contributed by atoms with Crippen LogP contribution < -0.4 is 5.73 Å². The van der Waals surface area contributed by atoms with Gasteiger partial charge in [0.05, 0.1) is 21.4 Å². The molecular formula is C14H15Cl2N3. The molecule has 2 aromatic rings. The van der Waals surface area contributed by atoms with Gasteiger partial charge in [-0.25, -0.2) is 0 Å². The first-order chi connectivity index (χ1) is 9.06. The van der Waals surface area contributed by atoms with Crippen molar-refractivity contribution >= 4 is 28.9 Å². The van der Waals surface area contributed by atoms with Crippen molar-refractivity contribution in [3.05, 3.63) is 57.8 Å². The van der Waals surface area contributed by atoms with Crippen LogP contribution in [0.2, 0.25) is 10.0 Å². The Kier molecular flexibility index (Phi) is 4.64. The highest BCUT2D eigenvalue weighted by atomic mass is 35.5. The zero-order valence-electron chi connectivity index (χ0n) is 10.6. The Morgan fingerprint density at radius 2 is 1.84 bits per heavy atom. The van der Waals surface area contributed by atoms with E-state index in [1.807, 2.05) is 37.4 Å². The van der Waals surface area contributed by atoms with E-state index in [0.717, 1.165) is 24.3 Å². The summed E-state index contributed by atoms with van der Waals surface area (Å²) >= 11 is 12.0. The van der Waals surface area contributed by atoms with Crippen LogP contribution in [0.1, 0.15) is 11.3 Å². The van der Waals surface area contributed by atoms with Crippen LogP contribution in [-0.2, 0) is 13.1 Å². The predicted octanol–water partition coefficient (Wildman–Crippen LogP) is 3.60. The molecule has 0 atom stereocenters. The number of benzene rings is 1. The van der Waals surface area contributed by atoms with E-state index in [4.69, 9.17) is 28.9 Å². The van der Waals surface area contributed by atoms with Crippen LogP contribution in [0.15, 0.2) is 36.5 Å². The number of nitrogen functional groups attached to an aromatic ring is 1. The minimum Gasteiger partial charge on any atom is -0.396 e. The Balaban J connectivity index is 2.05. The standard InChI is InChI=1S/C14H15Cl2N3/c1-19(9-11-4-2-3-5-18-11)8-10-6-12(15)14(17)13(16)7-10/h2-7H,8-9,17H2,1H3. The minimum atomic E-state index is 0.430. The molecule has 1 aromatic heterocycles. The van der Waals surface area contributed by atoms with Crippen LogP contribution in [0.5, 0.6) is 0 Å². The van der Waals surface area contributed by atoms with Gasteiger partial charge in [0.2, 0.25) is 0 Å². The number of aromatic nitrogens is 1. The second-order valence-corrected chi connectivity index (χ2v) is 5.28. The summed E-state index contributed by atoms with van der Waals surface area (Å²) in [4.78, 5) is 6.44. The molecule has 0 radical (unpaired) electrons. The summed E-state index contributed by atoms with van der Waals surface area (Å²) in [6, 6.07) is 9.57. The molecule has 2 N–H and O–H groups in total. The Morgan fingerprint density at radius 3 is 2.42 bits per heavy atom. The van der Waals surface area contributed by atoms with Gasteiger partial charge in [-0.1, -0.05) is 29.3 Å². The molecular weight excluding hydrogens is 281 g/mol. The molecule has 0 aliphatic rings. The molecule has 1 heterocycles. The Hall–Kier alpha value is -1.29. The number of halogens is 2. The number of hydrogen-bond donors (Lipinski definition) is 1. The number of nitrogens with two attached hydrogens (primary N) is 1. The van der Waals surface area contributed by atoms with Crippen molar-refractivity contribution in [1.82, 2.24) is 9.88 Å². The molecule has 0 saturated carbocycles. The molecule has 0 spiro atoms. The van der Waals surface area contributed by atoms with Crippen molar-refractivity contribution in [2.75, 3.05) is 12.8 Å². The summed E-state index contributed by atoms with van der Waals surface area (Å²) in [7, 11) is 2.02. The second-order valence-electron chi connectivity index (χ2n) is 4.47. The summed E-state index contributed by atoms with van der Waals surface area (Å²) in [6.45, 7) is 1.50. The van der Waals surface area contributed by atoms with Gasteiger partial charge >= 0.3 is 0 Å². The van der Waals surface area contributed by atoms with E-state index in [9.17, 15) is 0 Å². The molecule has 0 aliphatic heterocycles. The first-order valence-corrected chi connectivity index (χ1v) is 6.63. The molecule has 1 aromatic carbocycles. The van der Waals surface area contributed by atoms with Crippen LogP contribution in [-0.4, -0.2) is 16.9 Å². The zero-order chi connectivity index (χ0) is 13.8. The van der Waals surface area contributed by atoms with Crippen LogP contribution in [0, 0.1) is 0 Å². The Labute approximate surface area is 123 Å². The first kappa shape index (κ1) is 14.1. The molecule has 0 bridgehead atoms. The average Bonchev–Trinajstić information content (AvgIpc) is 2.37. The smallest absolute Gasteiger partial charge is 0.0693 e. The highest BCUT2D eigenvalue weighted by Gasteiger charge is 2.07. The maximum Gasteiger partial charge on any atom is 0.0693 e. The third-order valence-electron chi connectivity index (χ3n) is 2.75. The summed E-state index contributed by atoms with van der Waals surface area (Å²) < 4.78 is 0. The molecule has 0 unspecified atom stereocenters. The van der Waals surface area contributed by atoms with E-state index >= 15 is 0 Å². The fourth-order valence-electron chi connectivity index (χ4n) is 1.86. The van der Waals surface area contributed by atoms with Crippen LogP contribution in [0.25, 0.3) is 0 Å². The van der Waals surface area contributed by atoms with Crippen molar-refractivity contribution in [2.45, 2.75) is 13.1 Å². The number of anilines is 1. The Morgan fingerprint density at radius 1 is 1.16 bits per heavy atom. The lowest BCUT2D eigenvalue weighted by molar-refractivity contribution is 0.315. The molecule has 19 heavy (non-hydrogen) atoms. The topological polar surface area (TPSA) is 42.1 Å². The predicted molar refractivity (Wildman–Crippen MR) is 80.3 cm³/mol. The van der Waals surface area contributed by atoms with E-state index in [0.29, 0.717) is 15.7 Å². The van der Waals surface area contributed by atoms with E-state index in [1.54, 1.807) is 6.20 Å². The molecule has 0 fully saturated rings. The van der Waals surface area contributed by atoms with Gasteiger partial charge in [-0.15, -0.1) is 0 Å². The van der Waals surface area contributed by atoms with Gasteiger partial charge in [0.1, 0.15) is 0 Å². The third-order valence-corrected chi connectivity index (χ3v) is 3.37. The molecule has 0 amide bonds. The SMILES string of the molecule is CN(Cc1cc(Cl)c(N)c(Cl)c1)Cc1ccccn1. The maximum atomic E-state index is 6.02. The van der Waals surface area contributed by atoms with Gasteiger partial charge in [-0.3, -0.25) is 9.88 Å². The summed E-state index contributed by atoms with van der Waals surface area (Å²) in [5.74, 6) is 0. The lowest BCUT2D eigenvalue weighted by Crippen LogP contribution is -2.18. The maximum absolute atomic E-state index is 6.02.